The summed E-state index contributed by atoms with van der Waals surface area (Å²) in [6.07, 6.45) is 2.00. The van der Waals surface area contributed by atoms with Crippen LogP contribution in [-0.4, -0.2) is 38.8 Å². The van der Waals surface area contributed by atoms with E-state index in [1.165, 1.54) is 0 Å². The minimum atomic E-state index is -0.833. The Labute approximate surface area is 212 Å². The molecule has 3 heterocycles. The fraction of sp³-hybridized carbons (Fsp3) is 0.179. The molecule has 0 saturated carbocycles. The van der Waals surface area contributed by atoms with Crippen molar-refractivity contribution in [2.45, 2.75) is 20.0 Å². The lowest BCUT2D eigenvalue weighted by Gasteiger charge is -2.19. The number of hydrogen-bond donors (Lipinski definition) is 3. The second-order valence-electron chi connectivity index (χ2n) is 8.63. The van der Waals surface area contributed by atoms with Crippen molar-refractivity contribution < 1.29 is 19.4 Å². The fourth-order valence-corrected chi connectivity index (χ4v) is 4.38. The summed E-state index contributed by atoms with van der Waals surface area (Å²) in [4.78, 5) is 29.8. The second kappa shape index (κ2) is 10.2. The number of para-hydroxylation sites is 1. The number of carboxylic acids is 1. The van der Waals surface area contributed by atoms with Crippen LogP contribution >= 0.6 is 0 Å². The number of benzene rings is 3. The highest BCUT2D eigenvalue weighted by atomic mass is 16.6. The third-order valence-corrected chi connectivity index (χ3v) is 6.02. The number of nitrogens with one attached hydrogen (secondary N) is 1. The Morgan fingerprint density at radius 3 is 2.51 bits per heavy atom. The summed E-state index contributed by atoms with van der Waals surface area (Å²) in [6.45, 7) is 3.22. The molecule has 1 aliphatic heterocycles. The number of fused-ring (bicyclic) bond motifs is 4. The minimum Gasteiger partial charge on any atom is -0.486 e. The minimum absolute atomic E-state index is 0.241. The van der Waals surface area contributed by atoms with Crippen LogP contribution in [0, 0.1) is 0 Å². The number of ether oxygens (including phenoxy) is 2. The molecule has 37 heavy (non-hydrogen) atoms. The number of carboxylic acid groups (broad SMARTS) is 1. The Kier molecular flexibility index (Phi) is 6.61. The Bertz CT molecular complexity index is 1650. The quantitative estimate of drug-likeness (QED) is 0.342. The van der Waals surface area contributed by atoms with Gasteiger partial charge in [0.2, 0.25) is 0 Å². The summed E-state index contributed by atoms with van der Waals surface area (Å²) in [6, 6.07) is 19.9. The molecule has 6 rings (SSSR count). The second-order valence-corrected chi connectivity index (χ2v) is 8.63. The maximum absolute atomic E-state index is 13.1. The number of rotatable bonds is 4. The molecule has 0 saturated heterocycles. The average Bonchev–Trinajstić information content (AvgIpc) is 3.26. The molecule has 0 spiro atoms. The number of nitrogens with two attached hydrogens (primary N) is 1. The predicted molar refractivity (Wildman–Crippen MR) is 141 cm³/mol. The summed E-state index contributed by atoms with van der Waals surface area (Å²) >= 11 is 0. The van der Waals surface area contributed by atoms with E-state index in [9.17, 15) is 4.79 Å². The Balaban J connectivity index is 0.000000655. The Hall–Kier alpha value is -4.63. The van der Waals surface area contributed by atoms with E-state index in [1.807, 2.05) is 36.5 Å². The summed E-state index contributed by atoms with van der Waals surface area (Å²) in [5.41, 5.74) is 11.1. The third kappa shape index (κ3) is 4.89. The smallest absolute Gasteiger partial charge is 0.300 e. The van der Waals surface area contributed by atoms with Crippen LogP contribution in [-0.2, 0) is 17.9 Å². The summed E-state index contributed by atoms with van der Waals surface area (Å²) in [5.74, 6) is 0.377. The summed E-state index contributed by atoms with van der Waals surface area (Å²) < 4.78 is 13.7. The van der Waals surface area contributed by atoms with Crippen LogP contribution in [0.25, 0.3) is 33.2 Å². The molecule has 1 aliphatic rings. The van der Waals surface area contributed by atoms with Crippen LogP contribution in [0.2, 0.25) is 0 Å². The first-order valence-corrected chi connectivity index (χ1v) is 11.8. The molecule has 0 aliphatic carbocycles. The van der Waals surface area contributed by atoms with Crippen molar-refractivity contribution >= 4 is 27.9 Å². The van der Waals surface area contributed by atoms with Gasteiger partial charge in [-0.05, 0) is 29.3 Å². The highest BCUT2D eigenvalue weighted by Gasteiger charge is 2.20. The van der Waals surface area contributed by atoms with E-state index in [-0.39, 0.29) is 5.56 Å². The Morgan fingerprint density at radius 1 is 1.05 bits per heavy atom. The predicted octanol–water partition coefficient (Wildman–Crippen LogP) is 3.91. The van der Waals surface area contributed by atoms with E-state index in [0.717, 1.165) is 34.5 Å². The number of carbonyl (C=O) groups is 1. The molecule has 0 atom stereocenters. The molecule has 4 N–H and O–H groups in total. The molecule has 3 aromatic carbocycles. The zero-order valence-electron chi connectivity index (χ0n) is 20.2. The topological polar surface area (TPSA) is 132 Å². The molecular formula is C28H26N4O5. The van der Waals surface area contributed by atoms with Gasteiger partial charge in [-0.2, -0.15) is 0 Å². The SMILES string of the molecule is CC(=O)O.NCc1ccc(Cn2cc(-c3nc4c5c(ccc4[nH]c3=O)OCCO5)c3ccccc32)cc1. The average molecular weight is 499 g/mol. The van der Waals surface area contributed by atoms with E-state index < -0.39 is 5.97 Å². The van der Waals surface area contributed by atoms with E-state index >= 15 is 0 Å². The molecule has 0 radical (unpaired) electrons. The van der Waals surface area contributed by atoms with Gasteiger partial charge in [0.25, 0.3) is 11.5 Å². The lowest BCUT2D eigenvalue weighted by Crippen LogP contribution is -2.17. The number of aromatic nitrogens is 3. The van der Waals surface area contributed by atoms with E-state index in [0.29, 0.717) is 54.5 Å². The number of nitrogens with zero attached hydrogens (tertiary/aromatic N) is 2. The van der Waals surface area contributed by atoms with Crippen molar-refractivity contribution in [1.29, 1.82) is 0 Å². The maximum Gasteiger partial charge on any atom is 0.300 e. The first kappa shape index (κ1) is 24.1. The zero-order valence-corrected chi connectivity index (χ0v) is 20.2. The molecule has 9 nitrogen and oxygen atoms in total. The van der Waals surface area contributed by atoms with Crippen LogP contribution in [0.3, 0.4) is 0 Å². The van der Waals surface area contributed by atoms with Crippen LogP contribution in [0.1, 0.15) is 18.1 Å². The van der Waals surface area contributed by atoms with Crippen LogP contribution in [0.4, 0.5) is 0 Å². The van der Waals surface area contributed by atoms with Gasteiger partial charge >= 0.3 is 0 Å². The third-order valence-electron chi connectivity index (χ3n) is 6.02. The largest absolute Gasteiger partial charge is 0.486 e. The van der Waals surface area contributed by atoms with E-state index in [1.54, 1.807) is 12.1 Å². The lowest BCUT2D eigenvalue weighted by atomic mass is 10.1. The van der Waals surface area contributed by atoms with Crippen LogP contribution in [0.15, 0.2) is 71.7 Å². The van der Waals surface area contributed by atoms with Crippen LogP contribution in [0.5, 0.6) is 11.5 Å². The first-order chi connectivity index (χ1) is 17.9. The van der Waals surface area contributed by atoms with E-state index in [2.05, 4.69) is 27.8 Å². The van der Waals surface area contributed by atoms with Gasteiger partial charge in [-0.15, -0.1) is 0 Å². The van der Waals surface area contributed by atoms with Crippen molar-refractivity contribution in [3.05, 3.63) is 88.3 Å². The normalized spacial score (nSPS) is 12.3. The number of aromatic amines is 1. The van der Waals surface area contributed by atoms with Crippen molar-refractivity contribution in [3.63, 3.8) is 0 Å². The number of hydrogen-bond acceptors (Lipinski definition) is 6. The van der Waals surface area contributed by atoms with Gasteiger partial charge in [-0.25, -0.2) is 4.98 Å². The van der Waals surface area contributed by atoms with Gasteiger partial charge < -0.3 is 29.9 Å². The van der Waals surface area contributed by atoms with Crippen molar-refractivity contribution in [2.24, 2.45) is 5.73 Å². The van der Waals surface area contributed by atoms with Gasteiger partial charge in [-0.1, -0.05) is 42.5 Å². The zero-order chi connectivity index (χ0) is 25.9. The van der Waals surface area contributed by atoms with Crippen molar-refractivity contribution in [3.8, 4) is 22.8 Å². The molecule has 0 amide bonds. The van der Waals surface area contributed by atoms with Gasteiger partial charge in [0.05, 0.1) is 5.52 Å². The molecule has 0 bridgehead atoms. The number of aliphatic carboxylic acids is 1. The fourth-order valence-electron chi connectivity index (χ4n) is 4.38. The standard InChI is InChI=1S/C26H22N4O3.C2H4O2/c27-13-16-5-7-17(8-6-16)14-30-15-19(18-3-1-2-4-21(18)30)23-26(31)28-20-9-10-22-25(24(20)29-23)33-12-11-32-22;1-2(3)4/h1-10,15H,11-14,27H2,(H,28,31);1H3,(H,3,4). The van der Waals surface area contributed by atoms with E-state index in [4.69, 9.17) is 30.1 Å². The number of H-pyrrole nitrogens is 1. The molecule has 188 valence electrons. The van der Waals surface area contributed by atoms with Crippen LogP contribution < -0.4 is 20.8 Å². The molecule has 2 aromatic heterocycles. The molecule has 0 fully saturated rings. The highest BCUT2D eigenvalue weighted by molar-refractivity contribution is 5.96. The molecular weight excluding hydrogens is 472 g/mol. The summed E-state index contributed by atoms with van der Waals surface area (Å²) in [7, 11) is 0. The van der Waals surface area contributed by atoms with Crippen molar-refractivity contribution in [1.82, 2.24) is 14.5 Å². The maximum atomic E-state index is 13.1. The lowest BCUT2D eigenvalue weighted by molar-refractivity contribution is -0.134. The van der Waals surface area contributed by atoms with Gasteiger partial charge in [0, 0.05) is 42.7 Å². The monoisotopic (exact) mass is 498 g/mol. The Morgan fingerprint density at radius 2 is 1.76 bits per heavy atom. The van der Waals surface area contributed by atoms with Gasteiger partial charge in [0.1, 0.15) is 24.4 Å². The highest BCUT2D eigenvalue weighted by Crippen LogP contribution is 2.37. The van der Waals surface area contributed by atoms with Crippen molar-refractivity contribution in [2.75, 3.05) is 13.2 Å². The first-order valence-electron chi connectivity index (χ1n) is 11.8. The van der Waals surface area contributed by atoms with Gasteiger partial charge in [0.15, 0.2) is 11.5 Å². The molecule has 9 heteroatoms. The van der Waals surface area contributed by atoms with Gasteiger partial charge in [-0.3, -0.25) is 9.59 Å². The molecule has 5 aromatic rings. The summed E-state index contributed by atoms with van der Waals surface area (Å²) in [5, 5.41) is 8.38. The molecule has 0 unspecified atom stereocenters.